The normalized spacial score (nSPS) is 11.8. The molecular formula is C6H6ClFO2S2. The van der Waals surface area contributed by atoms with Crippen molar-refractivity contribution in [2.45, 2.75) is 6.42 Å². The first kappa shape index (κ1) is 9.95. The minimum atomic E-state index is -4.37. The Balaban J connectivity index is 2.61. The molecule has 1 rings (SSSR count). The van der Waals surface area contributed by atoms with Gasteiger partial charge in [0, 0.05) is 4.88 Å². The lowest BCUT2D eigenvalue weighted by molar-refractivity contribution is 0.551. The predicted octanol–water partition coefficient (Wildman–Crippen LogP) is 2.24. The Bertz CT molecular complexity index is 357. The van der Waals surface area contributed by atoms with Gasteiger partial charge in [0.2, 0.25) is 0 Å². The van der Waals surface area contributed by atoms with Gasteiger partial charge in [-0.2, -0.15) is 8.42 Å². The quantitative estimate of drug-likeness (QED) is 0.744. The molecule has 0 saturated carbocycles. The molecule has 0 aliphatic heterocycles. The summed E-state index contributed by atoms with van der Waals surface area (Å²) in [7, 11) is -4.37. The number of aryl methyl sites for hydroxylation is 1. The second kappa shape index (κ2) is 3.72. The van der Waals surface area contributed by atoms with E-state index in [1.54, 1.807) is 11.4 Å². The Labute approximate surface area is 79.2 Å². The number of thiophene rings is 1. The molecule has 0 aromatic carbocycles. The van der Waals surface area contributed by atoms with Crippen LogP contribution < -0.4 is 0 Å². The molecule has 0 fully saturated rings. The molecule has 1 aromatic heterocycles. The van der Waals surface area contributed by atoms with E-state index in [1.165, 1.54) is 11.3 Å². The highest BCUT2D eigenvalue weighted by molar-refractivity contribution is 7.86. The SMILES string of the molecule is O=S(=O)(F)CCc1sccc1Cl. The van der Waals surface area contributed by atoms with Crippen molar-refractivity contribution in [1.82, 2.24) is 0 Å². The molecule has 0 bridgehead atoms. The first-order valence-electron chi connectivity index (χ1n) is 3.13. The number of hydrogen-bond acceptors (Lipinski definition) is 3. The van der Waals surface area contributed by atoms with Crippen molar-refractivity contribution in [1.29, 1.82) is 0 Å². The maximum absolute atomic E-state index is 12.0. The summed E-state index contributed by atoms with van der Waals surface area (Å²) in [6.07, 6.45) is 0.148. The molecule has 0 N–H and O–H groups in total. The molecule has 68 valence electrons. The molecule has 2 nitrogen and oxygen atoms in total. The van der Waals surface area contributed by atoms with Gasteiger partial charge in [0.25, 0.3) is 0 Å². The standard InChI is InChI=1S/C6H6ClFO2S2/c7-5-1-3-11-6(5)2-4-12(8,9)10/h1,3H,2,4H2. The zero-order valence-electron chi connectivity index (χ0n) is 5.96. The van der Waals surface area contributed by atoms with Gasteiger partial charge in [-0.3, -0.25) is 0 Å². The van der Waals surface area contributed by atoms with E-state index in [2.05, 4.69) is 0 Å². The van der Waals surface area contributed by atoms with Crippen molar-refractivity contribution >= 4 is 33.2 Å². The predicted molar refractivity (Wildman–Crippen MR) is 47.9 cm³/mol. The van der Waals surface area contributed by atoms with Crippen LogP contribution in [0.15, 0.2) is 11.4 Å². The molecule has 1 aromatic rings. The van der Waals surface area contributed by atoms with Crippen molar-refractivity contribution in [2.24, 2.45) is 0 Å². The molecule has 1 heterocycles. The summed E-state index contributed by atoms with van der Waals surface area (Å²) in [5.41, 5.74) is 0. The molecule has 0 radical (unpaired) electrons. The Morgan fingerprint density at radius 3 is 2.67 bits per heavy atom. The third-order valence-corrected chi connectivity index (χ3v) is 3.40. The van der Waals surface area contributed by atoms with Crippen LogP contribution in [0.3, 0.4) is 0 Å². The second-order valence-corrected chi connectivity index (χ2v) is 5.08. The van der Waals surface area contributed by atoms with E-state index < -0.39 is 16.0 Å². The lowest BCUT2D eigenvalue weighted by Gasteiger charge is -1.93. The van der Waals surface area contributed by atoms with Crippen LogP contribution in [0.4, 0.5) is 3.89 Å². The summed E-state index contributed by atoms with van der Waals surface area (Å²) in [6.45, 7) is 0. The van der Waals surface area contributed by atoms with Crippen LogP contribution in [0.2, 0.25) is 5.02 Å². The highest BCUT2D eigenvalue weighted by Crippen LogP contribution is 2.22. The van der Waals surface area contributed by atoms with Crippen LogP contribution in [0.1, 0.15) is 4.88 Å². The molecule has 0 spiro atoms. The second-order valence-electron chi connectivity index (χ2n) is 2.18. The first-order valence-corrected chi connectivity index (χ1v) is 5.94. The van der Waals surface area contributed by atoms with E-state index in [1.807, 2.05) is 0 Å². The molecule has 0 aliphatic rings. The summed E-state index contributed by atoms with van der Waals surface area (Å²) in [4.78, 5) is 0.706. The van der Waals surface area contributed by atoms with Crippen molar-refractivity contribution in [3.63, 3.8) is 0 Å². The maximum atomic E-state index is 12.0. The molecule has 0 amide bonds. The third kappa shape index (κ3) is 3.08. The average molecular weight is 229 g/mol. The van der Waals surface area contributed by atoms with Crippen LogP contribution >= 0.6 is 22.9 Å². The number of hydrogen-bond donors (Lipinski definition) is 0. The van der Waals surface area contributed by atoms with Gasteiger partial charge >= 0.3 is 10.2 Å². The summed E-state index contributed by atoms with van der Waals surface area (Å²) >= 11 is 6.99. The summed E-state index contributed by atoms with van der Waals surface area (Å²) in [5, 5.41) is 2.24. The van der Waals surface area contributed by atoms with Gasteiger partial charge < -0.3 is 0 Å². The van der Waals surface area contributed by atoms with Crippen molar-refractivity contribution in [3.8, 4) is 0 Å². The first-order chi connectivity index (χ1) is 5.49. The van der Waals surface area contributed by atoms with Gasteiger partial charge in [0.05, 0.1) is 10.8 Å². The fourth-order valence-corrected chi connectivity index (χ4v) is 2.43. The van der Waals surface area contributed by atoms with E-state index in [4.69, 9.17) is 11.6 Å². The Kier molecular flexibility index (Phi) is 3.09. The smallest absolute Gasteiger partial charge is 0.195 e. The van der Waals surface area contributed by atoms with Crippen LogP contribution in [-0.4, -0.2) is 14.2 Å². The van der Waals surface area contributed by atoms with Gasteiger partial charge in [0.15, 0.2) is 0 Å². The third-order valence-electron chi connectivity index (χ3n) is 1.26. The number of rotatable bonds is 3. The summed E-state index contributed by atoms with van der Waals surface area (Å²) < 4.78 is 32.3. The zero-order chi connectivity index (χ0) is 9.19. The van der Waals surface area contributed by atoms with Gasteiger partial charge in [-0.1, -0.05) is 11.6 Å². The monoisotopic (exact) mass is 228 g/mol. The highest BCUT2D eigenvalue weighted by atomic mass is 35.5. The summed E-state index contributed by atoms with van der Waals surface area (Å²) in [6, 6.07) is 1.66. The van der Waals surface area contributed by atoms with Gasteiger partial charge in [-0.15, -0.1) is 15.2 Å². The average Bonchev–Trinajstić information content (AvgIpc) is 2.29. The lowest BCUT2D eigenvalue weighted by Crippen LogP contribution is -2.00. The van der Waals surface area contributed by atoms with Gasteiger partial charge in [0.1, 0.15) is 0 Å². The minimum absolute atomic E-state index is 0.148. The molecule has 12 heavy (non-hydrogen) atoms. The van der Waals surface area contributed by atoms with Gasteiger partial charge in [-0.05, 0) is 17.9 Å². The van der Waals surface area contributed by atoms with Crippen LogP contribution in [0.5, 0.6) is 0 Å². The topological polar surface area (TPSA) is 34.1 Å². The van der Waals surface area contributed by atoms with E-state index in [0.29, 0.717) is 9.90 Å². The van der Waals surface area contributed by atoms with Crippen molar-refractivity contribution in [3.05, 3.63) is 21.3 Å². The fourth-order valence-electron chi connectivity index (χ4n) is 0.718. The van der Waals surface area contributed by atoms with Gasteiger partial charge in [-0.25, -0.2) is 0 Å². The van der Waals surface area contributed by atoms with E-state index in [-0.39, 0.29) is 6.42 Å². The fraction of sp³-hybridized carbons (Fsp3) is 0.333. The minimum Gasteiger partial charge on any atom is -0.195 e. The largest absolute Gasteiger partial charge is 0.302 e. The van der Waals surface area contributed by atoms with Crippen molar-refractivity contribution in [2.75, 3.05) is 5.75 Å². The molecule has 6 heteroatoms. The number of halogens is 2. The Morgan fingerprint density at radius 2 is 2.25 bits per heavy atom. The molecule has 0 unspecified atom stereocenters. The maximum Gasteiger partial charge on any atom is 0.302 e. The highest BCUT2D eigenvalue weighted by Gasteiger charge is 2.09. The van der Waals surface area contributed by atoms with E-state index in [0.717, 1.165) is 0 Å². The van der Waals surface area contributed by atoms with Crippen LogP contribution in [-0.2, 0) is 16.6 Å². The zero-order valence-corrected chi connectivity index (χ0v) is 8.35. The molecule has 0 saturated heterocycles. The van der Waals surface area contributed by atoms with Crippen LogP contribution in [0.25, 0.3) is 0 Å². The van der Waals surface area contributed by atoms with Crippen molar-refractivity contribution < 1.29 is 12.3 Å². The Hall–Kier alpha value is -0.130. The Morgan fingerprint density at radius 1 is 1.58 bits per heavy atom. The molecular weight excluding hydrogens is 223 g/mol. The summed E-state index contributed by atoms with van der Waals surface area (Å²) in [5.74, 6) is -0.493. The molecule has 0 aliphatic carbocycles. The van der Waals surface area contributed by atoms with E-state index in [9.17, 15) is 12.3 Å². The van der Waals surface area contributed by atoms with Crippen LogP contribution in [0, 0.1) is 0 Å². The van der Waals surface area contributed by atoms with E-state index >= 15 is 0 Å². The lowest BCUT2D eigenvalue weighted by atomic mass is 10.4. The molecule has 0 atom stereocenters.